The molecule has 8 heteroatoms. The zero-order chi connectivity index (χ0) is 21.3. The van der Waals surface area contributed by atoms with Crippen molar-refractivity contribution in [2.24, 2.45) is 0 Å². The molecule has 2 amide bonds. The second-order valence-corrected chi connectivity index (χ2v) is 7.44. The van der Waals surface area contributed by atoms with Gasteiger partial charge in [0.15, 0.2) is 6.61 Å². The van der Waals surface area contributed by atoms with Gasteiger partial charge in [0, 0.05) is 11.3 Å². The van der Waals surface area contributed by atoms with Crippen LogP contribution in [0.15, 0.2) is 42.7 Å². The van der Waals surface area contributed by atoms with Gasteiger partial charge in [0.1, 0.15) is 12.1 Å². The minimum absolute atomic E-state index is 0.140. The average Bonchev–Trinajstić information content (AvgIpc) is 3.17. The normalized spacial score (nSPS) is 15.3. The second-order valence-electron chi connectivity index (χ2n) is 7.44. The van der Waals surface area contributed by atoms with E-state index in [-0.39, 0.29) is 30.9 Å². The molecule has 0 aliphatic carbocycles. The topological polar surface area (TPSA) is 98.1 Å². The van der Waals surface area contributed by atoms with Crippen LogP contribution in [0.5, 0.6) is 5.75 Å². The van der Waals surface area contributed by atoms with Crippen LogP contribution in [0.3, 0.4) is 0 Å². The van der Waals surface area contributed by atoms with Gasteiger partial charge in [0.05, 0.1) is 12.5 Å². The van der Waals surface area contributed by atoms with E-state index in [2.05, 4.69) is 20.7 Å². The van der Waals surface area contributed by atoms with Gasteiger partial charge in [-0.1, -0.05) is 35.9 Å². The molecule has 4 rings (SSSR count). The van der Waals surface area contributed by atoms with E-state index in [4.69, 9.17) is 4.74 Å². The lowest BCUT2D eigenvalue weighted by Gasteiger charge is -2.25. The summed E-state index contributed by atoms with van der Waals surface area (Å²) in [6.45, 7) is 5.82. The molecule has 0 saturated carbocycles. The molecule has 8 nitrogen and oxygen atoms in total. The molecule has 1 atom stereocenters. The largest absolute Gasteiger partial charge is 0.483 e. The van der Waals surface area contributed by atoms with Crippen LogP contribution < -0.4 is 15.4 Å². The van der Waals surface area contributed by atoms with Gasteiger partial charge < -0.3 is 10.1 Å². The van der Waals surface area contributed by atoms with Crippen molar-refractivity contribution in [1.29, 1.82) is 0 Å². The van der Waals surface area contributed by atoms with Crippen molar-refractivity contribution in [2.75, 3.05) is 17.2 Å². The Kier molecular flexibility index (Phi) is 5.22. The third-order valence-electron chi connectivity index (χ3n) is 5.08. The van der Waals surface area contributed by atoms with E-state index in [1.165, 1.54) is 6.33 Å². The molecule has 1 aliphatic heterocycles. The number of nitrogens with one attached hydrogen (secondary N) is 2. The summed E-state index contributed by atoms with van der Waals surface area (Å²) in [4.78, 5) is 28.7. The summed E-state index contributed by atoms with van der Waals surface area (Å²) in [5.74, 6) is 0.543. The van der Waals surface area contributed by atoms with Gasteiger partial charge in [0.25, 0.3) is 5.91 Å². The molecule has 0 bridgehead atoms. The summed E-state index contributed by atoms with van der Waals surface area (Å²) in [6.07, 6.45) is 1.61. The molecule has 0 spiro atoms. The number of benzene rings is 2. The van der Waals surface area contributed by atoms with Crippen molar-refractivity contribution in [3.63, 3.8) is 0 Å². The fourth-order valence-electron chi connectivity index (χ4n) is 3.83. The van der Waals surface area contributed by atoms with Gasteiger partial charge in [-0.3, -0.25) is 14.9 Å². The van der Waals surface area contributed by atoms with Crippen molar-refractivity contribution in [3.05, 3.63) is 65.0 Å². The van der Waals surface area contributed by atoms with Crippen LogP contribution in [-0.2, 0) is 9.59 Å². The fraction of sp³-hybridized carbons (Fsp3) is 0.273. The Hall–Kier alpha value is -3.68. The summed E-state index contributed by atoms with van der Waals surface area (Å²) in [5.41, 5.74) is 4.74. The molecule has 30 heavy (non-hydrogen) atoms. The van der Waals surface area contributed by atoms with Crippen molar-refractivity contribution in [3.8, 4) is 5.75 Å². The Balaban J connectivity index is 1.51. The maximum Gasteiger partial charge on any atom is 0.262 e. The predicted octanol–water partition coefficient (Wildman–Crippen LogP) is 3.15. The van der Waals surface area contributed by atoms with Crippen LogP contribution in [0.2, 0.25) is 0 Å². The molecule has 2 heterocycles. The molecular formula is C22H23N5O3. The summed E-state index contributed by atoms with van der Waals surface area (Å²) in [6, 6.07) is 11.1. The number of anilines is 2. The van der Waals surface area contributed by atoms with Gasteiger partial charge in [-0.2, -0.15) is 10.1 Å². The van der Waals surface area contributed by atoms with E-state index in [9.17, 15) is 9.59 Å². The highest BCUT2D eigenvalue weighted by Gasteiger charge is 2.29. The zero-order valence-corrected chi connectivity index (χ0v) is 17.1. The van der Waals surface area contributed by atoms with Crippen molar-refractivity contribution in [1.82, 2.24) is 14.8 Å². The molecule has 2 aromatic carbocycles. The van der Waals surface area contributed by atoms with Gasteiger partial charge in [0.2, 0.25) is 11.9 Å². The molecule has 154 valence electrons. The molecule has 0 fully saturated rings. The number of para-hydroxylation sites is 1. The van der Waals surface area contributed by atoms with E-state index in [1.54, 1.807) is 10.7 Å². The molecule has 0 saturated heterocycles. The maximum absolute atomic E-state index is 12.5. The van der Waals surface area contributed by atoms with E-state index in [1.807, 2.05) is 51.1 Å². The predicted molar refractivity (Wildman–Crippen MR) is 113 cm³/mol. The van der Waals surface area contributed by atoms with Crippen LogP contribution in [0.1, 0.15) is 34.7 Å². The van der Waals surface area contributed by atoms with Crippen molar-refractivity contribution < 1.29 is 14.3 Å². The molecule has 3 aromatic rings. The molecule has 0 radical (unpaired) electrons. The first kappa shape index (κ1) is 19.6. The number of nitrogens with zero attached hydrogens (tertiary/aromatic N) is 3. The summed E-state index contributed by atoms with van der Waals surface area (Å²) >= 11 is 0. The van der Waals surface area contributed by atoms with E-state index >= 15 is 0 Å². The van der Waals surface area contributed by atoms with Crippen LogP contribution in [0, 0.1) is 20.8 Å². The number of carbonyl (C=O) groups excluding carboxylic acids is 2. The Morgan fingerprint density at radius 3 is 2.73 bits per heavy atom. The lowest BCUT2D eigenvalue weighted by atomic mass is 10.0. The third kappa shape index (κ3) is 3.89. The van der Waals surface area contributed by atoms with Crippen LogP contribution in [0.25, 0.3) is 0 Å². The number of rotatable bonds is 5. The quantitative estimate of drug-likeness (QED) is 0.680. The van der Waals surface area contributed by atoms with Crippen molar-refractivity contribution in [2.45, 2.75) is 33.2 Å². The lowest BCUT2D eigenvalue weighted by molar-refractivity contribution is -0.118. The number of aryl methyl sites for hydroxylation is 3. The Morgan fingerprint density at radius 1 is 1.23 bits per heavy atom. The minimum atomic E-state index is -0.350. The Labute approximate surface area is 174 Å². The number of amides is 2. The van der Waals surface area contributed by atoms with Gasteiger partial charge in [-0.25, -0.2) is 4.68 Å². The number of hydrogen-bond acceptors (Lipinski definition) is 5. The third-order valence-corrected chi connectivity index (χ3v) is 5.08. The summed E-state index contributed by atoms with van der Waals surface area (Å²) < 4.78 is 7.50. The lowest BCUT2D eigenvalue weighted by Crippen LogP contribution is -2.29. The number of hydrogen-bond donors (Lipinski definition) is 2. The highest BCUT2D eigenvalue weighted by Crippen LogP contribution is 2.34. The number of aromatic nitrogens is 3. The number of fused-ring (bicyclic) bond motifs is 1. The molecule has 2 N–H and O–H groups in total. The summed E-state index contributed by atoms with van der Waals surface area (Å²) in [7, 11) is 0. The first-order valence-electron chi connectivity index (χ1n) is 9.71. The van der Waals surface area contributed by atoms with Gasteiger partial charge >= 0.3 is 0 Å². The van der Waals surface area contributed by atoms with Crippen molar-refractivity contribution >= 4 is 23.5 Å². The molecule has 1 aliphatic rings. The molecule has 1 unspecified atom stereocenters. The number of ether oxygens (including phenoxy) is 1. The Morgan fingerprint density at radius 2 is 1.97 bits per heavy atom. The molecular weight excluding hydrogens is 382 g/mol. The zero-order valence-electron chi connectivity index (χ0n) is 17.1. The Bertz CT molecular complexity index is 1100. The monoisotopic (exact) mass is 405 g/mol. The minimum Gasteiger partial charge on any atom is -0.483 e. The highest BCUT2D eigenvalue weighted by atomic mass is 16.5. The fourth-order valence-corrected chi connectivity index (χ4v) is 3.83. The van der Waals surface area contributed by atoms with Crippen LogP contribution in [-0.4, -0.2) is 33.2 Å². The number of carbonyl (C=O) groups is 2. The van der Waals surface area contributed by atoms with E-state index in [0.717, 1.165) is 27.9 Å². The van der Waals surface area contributed by atoms with Gasteiger partial charge in [-0.05, 0) is 38.0 Å². The smallest absolute Gasteiger partial charge is 0.262 e. The first-order valence-corrected chi connectivity index (χ1v) is 9.71. The van der Waals surface area contributed by atoms with E-state index < -0.39 is 0 Å². The average molecular weight is 405 g/mol. The van der Waals surface area contributed by atoms with Gasteiger partial charge in [-0.15, -0.1) is 0 Å². The highest BCUT2D eigenvalue weighted by molar-refractivity contribution is 5.93. The molecule has 1 aromatic heterocycles. The maximum atomic E-state index is 12.5. The van der Waals surface area contributed by atoms with E-state index in [0.29, 0.717) is 11.7 Å². The first-order chi connectivity index (χ1) is 14.4. The SMILES string of the molecule is Cc1cc(C)c(NC(=O)COc2ccccc2C2CC(=O)Nc3ncnn32)c(C)c1. The van der Waals surface area contributed by atoms with Crippen LogP contribution in [0.4, 0.5) is 11.6 Å². The van der Waals surface area contributed by atoms with Crippen LogP contribution >= 0.6 is 0 Å². The standard InChI is InChI=1S/C22H23N5O3/c1-13-8-14(2)21(15(3)9-13)25-20(29)11-30-18-7-5-4-6-16(18)17-10-19(28)26-22-23-12-24-27(17)22/h4-9,12,17H,10-11H2,1-3H3,(H,25,29)(H,23,24,26,28). The second kappa shape index (κ2) is 7.98. The summed E-state index contributed by atoms with van der Waals surface area (Å²) in [5, 5.41) is 9.86.